The van der Waals surface area contributed by atoms with Crippen molar-refractivity contribution in [1.82, 2.24) is 4.98 Å². The van der Waals surface area contributed by atoms with E-state index < -0.39 is 0 Å². The molecule has 0 aliphatic heterocycles. The lowest BCUT2D eigenvalue weighted by atomic mass is 10.1. The second kappa shape index (κ2) is 5.30. The number of hydrogen-bond donors (Lipinski definition) is 0. The Balaban J connectivity index is 2.13. The molecule has 0 bridgehead atoms. The zero-order valence-electron chi connectivity index (χ0n) is 8.78. The first-order valence-corrected chi connectivity index (χ1v) is 7.07. The number of halogens is 2. The summed E-state index contributed by atoms with van der Waals surface area (Å²) in [6.07, 6.45) is 2.82. The molecule has 2 rings (SSSR count). The van der Waals surface area contributed by atoms with Crippen LogP contribution in [0.1, 0.15) is 20.3 Å². The summed E-state index contributed by atoms with van der Waals surface area (Å²) in [5.41, 5.74) is 1.16. The van der Waals surface area contributed by atoms with Crippen molar-refractivity contribution >= 4 is 38.9 Å². The summed E-state index contributed by atoms with van der Waals surface area (Å²) in [4.78, 5) is 5.80. The Morgan fingerprint density at radius 2 is 2.19 bits per heavy atom. The summed E-state index contributed by atoms with van der Waals surface area (Å²) in [6.45, 7) is 2.02. The number of benzene rings is 1. The number of hydrogen-bond acceptors (Lipinski definition) is 2. The Kier molecular flexibility index (Phi) is 4.00. The molecule has 0 saturated heterocycles. The highest BCUT2D eigenvalue weighted by Crippen LogP contribution is 2.32. The van der Waals surface area contributed by atoms with Crippen LogP contribution in [-0.2, 0) is 6.42 Å². The molecule has 84 valence electrons. The fraction of sp³-hybridized carbons (Fsp3) is 0.250. The van der Waals surface area contributed by atoms with Gasteiger partial charge >= 0.3 is 0 Å². The van der Waals surface area contributed by atoms with Gasteiger partial charge in [-0.05, 0) is 25.0 Å². The average Bonchev–Trinajstić information content (AvgIpc) is 2.68. The summed E-state index contributed by atoms with van der Waals surface area (Å²) < 4.78 is 0. The van der Waals surface area contributed by atoms with E-state index in [1.807, 2.05) is 31.3 Å². The lowest BCUT2D eigenvalue weighted by molar-refractivity contribution is 0.965. The van der Waals surface area contributed by atoms with E-state index in [0.29, 0.717) is 4.83 Å². The molecule has 1 aromatic carbocycles. The molecule has 2 aromatic rings. The van der Waals surface area contributed by atoms with Crippen molar-refractivity contribution in [1.29, 1.82) is 0 Å². The molecule has 0 aliphatic carbocycles. The lowest BCUT2D eigenvalue weighted by Crippen LogP contribution is -1.93. The monoisotopic (exact) mass is 315 g/mol. The fourth-order valence-electron chi connectivity index (χ4n) is 1.48. The largest absolute Gasteiger partial charge is 0.250 e. The van der Waals surface area contributed by atoms with Crippen LogP contribution in [0, 0.1) is 6.92 Å². The maximum atomic E-state index is 6.13. The van der Waals surface area contributed by atoms with Gasteiger partial charge in [0.25, 0.3) is 0 Å². The maximum Gasteiger partial charge on any atom is 0.0897 e. The topological polar surface area (TPSA) is 12.9 Å². The molecule has 0 radical (unpaired) electrons. The third kappa shape index (κ3) is 2.84. The lowest BCUT2D eigenvalue weighted by Gasteiger charge is -2.08. The fourth-order valence-corrected chi connectivity index (χ4v) is 3.20. The van der Waals surface area contributed by atoms with E-state index in [-0.39, 0.29) is 0 Å². The first-order valence-electron chi connectivity index (χ1n) is 4.96. The predicted molar refractivity (Wildman–Crippen MR) is 73.7 cm³/mol. The summed E-state index contributed by atoms with van der Waals surface area (Å²) in [7, 11) is 0. The molecule has 1 nitrogen and oxygen atoms in total. The van der Waals surface area contributed by atoms with Gasteiger partial charge in [0.05, 0.1) is 9.83 Å². The number of thiazole rings is 1. The average molecular weight is 317 g/mol. The molecular formula is C12H11BrClNS. The van der Waals surface area contributed by atoms with Crippen LogP contribution in [-0.4, -0.2) is 4.98 Å². The molecule has 1 atom stereocenters. The molecular weight excluding hydrogens is 306 g/mol. The van der Waals surface area contributed by atoms with Gasteiger partial charge in [-0.1, -0.05) is 45.7 Å². The van der Waals surface area contributed by atoms with Crippen molar-refractivity contribution in [3.63, 3.8) is 0 Å². The normalized spacial score (nSPS) is 12.7. The molecule has 4 heteroatoms. The highest BCUT2D eigenvalue weighted by Gasteiger charge is 2.12. The smallest absolute Gasteiger partial charge is 0.0897 e. The Labute approximate surface area is 113 Å². The van der Waals surface area contributed by atoms with Crippen LogP contribution in [0.3, 0.4) is 0 Å². The minimum atomic E-state index is 0.290. The second-order valence-electron chi connectivity index (χ2n) is 3.54. The minimum Gasteiger partial charge on any atom is -0.250 e. The first kappa shape index (κ1) is 12.1. The van der Waals surface area contributed by atoms with Gasteiger partial charge in [-0.15, -0.1) is 11.3 Å². The van der Waals surface area contributed by atoms with E-state index in [0.717, 1.165) is 22.0 Å². The van der Waals surface area contributed by atoms with Crippen LogP contribution in [0.2, 0.25) is 5.02 Å². The van der Waals surface area contributed by atoms with Crippen molar-refractivity contribution < 1.29 is 0 Å². The summed E-state index contributed by atoms with van der Waals surface area (Å²) in [6, 6.07) is 7.95. The van der Waals surface area contributed by atoms with Gasteiger partial charge in [-0.2, -0.15) is 0 Å². The van der Waals surface area contributed by atoms with E-state index in [4.69, 9.17) is 11.6 Å². The van der Waals surface area contributed by atoms with Crippen LogP contribution < -0.4 is 0 Å². The van der Waals surface area contributed by atoms with E-state index in [2.05, 4.69) is 27.0 Å². The van der Waals surface area contributed by atoms with Crippen molar-refractivity contribution in [2.45, 2.75) is 18.2 Å². The van der Waals surface area contributed by atoms with Gasteiger partial charge in [-0.25, -0.2) is 4.98 Å². The summed E-state index contributed by atoms with van der Waals surface area (Å²) in [5.74, 6) is 0. The molecule has 1 aromatic heterocycles. The van der Waals surface area contributed by atoms with Gasteiger partial charge in [0.1, 0.15) is 0 Å². The van der Waals surface area contributed by atoms with E-state index in [1.54, 1.807) is 11.3 Å². The predicted octanol–water partition coefficient (Wildman–Crippen LogP) is 4.78. The molecule has 0 fully saturated rings. The highest BCUT2D eigenvalue weighted by molar-refractivity contribution is 9.09. The molecule has 0 aliphatic rings. The van der Waals surface area contributed by atoms with Crippen molar-refractivity contribution in [3.8, 4) is 0 Å². The van der Waals surface area contributed by atoms with Crippen LogP contribution in [0.25, 0.3) is 0 Å². The van der Waals surface area contributed by atoms with Crippen molar-refractivity contribution in [2.24, 2.45) is 0 Å². The zero-order valence-corrected chi connectivity index (χ0v) is 11.9. The number of rotatable bonds is 3. The minimum absolute atomic E-state index is 0.290. The molecule has 0 amide bonds. The van der Waals surface area contributed by atoms with E-state index >= 15 is 0 Å². The van der Waals surface area contributed by atoms with Crippen LogP contribution in [0.4, 0.5) is 0 Å². The number of nitrogens with zero attached hydrogens (tertiary/aromatic N) is 1. The Bertz CT molecular complexity index is 483. The summed E-state index contributed by atoms with van der Waals surface area (Å²) in [5, 5.41) is 1.92. The zero-order chi connectivity index (χ0) is 11.5. The Morgan fingerprint density at radius 1 is 1.44 bits per heavy atom. The van der Waals surface area contributed by atoms with Crippen LogP contribution >= 0.6 is 38.9 Å². The molecule has 0 spiro atoms. The Hall–Kier alpha value is -0.380. The third-order valence-electron chi connectivity index (χ3n) is 2.30. The van der Waals surface area contributed by atoms with Gasteiger partial charge in [-0.3, -0.25) is 0 Å². The second-order valence-corrected chi connectivity index (χ2v) is 6.32. The van der Waals surface area contributed by atoms with Crippen LogP contribution in [0.15, 0.2) is 30.5 Å². The van der Waals surface area contributed by atoms with Gasteiger partial charge in [0.2, 0.25) is 0 Å². The van der Waals surface area contributed by atoms with Crippen LogP contribution in [0.5, 0.6) is 0 Å². The number of alkyl halides is 1. The van der Waals surface area contributed by atoms with Gasteiger partial charge < -0.3 is 0 Å². The number of aromatic nitrogens is 1. The number of aryl methyl sites for hydroxylation is 1. The van der Waals surface area contributed by atoms with E-state index in [1.165, 1.54) is 4.88 Å². The first-order chi connectivity index (χ1) is 7.66. The standard InChI is InChI=1S/C12H11BrClNS/c1-8-15-7-12(16-8)10(13)6-9-4-2-3-5-11(9)14/h2-5,7,10H,6H2,1H3. The van der Waals surface area contributed by atoms with Crippen molar-refractivity contribution in [2.75, 3.05) is 0 Å². The molecule has 0 saturated carbocycles. The maximum absolute atomic E-state index is 6.13. The molecule has 0 N–H and O–H groups in total. The van der Waals surface area contributed by atoms with Gasteiger partial charge in [0, 0.05) is 16.1 Å². The third-order valence-corrected chi connectivity index (χ3v) is 4.82. The SMILES string of the molecule is Cc1ncc(C(Br)Cc2ccccc2Cl)s1. The summed E-state index contributed by atoms with van der Waals surface area (Å²) >= 11 is 11.5. The van der Waals surface area contributed by atoms with E-state index in [9.17, 15) is 0 Å². The molecule has 16 heavy (non-hydrogen) atoms. The highest BCUT2D eigenvalue weighted by atomic mass is 79.9. The molecule has 1 unspecified atom stereocenters. The molecule has 1 heterocycles. The Morgan fingerprint density at radius 3 is 2.81 bits per heavy atom. The quantitative estimate of drug-likeness (QED) is 0.742. The van der Waals surface area contributed by atoms with Crippen molar-refractivity contribution in [3.05, 3.63) is 50.9 Å². The van der Waals surface area contributed by atoms with Gasteiger partial charge in [0.15, 0.2) is 0 Å².